The fourth-order valence-electron chi connectivity index (χ4n) is 2.36. The van der Waals surface area contributed by atoms with Crippen LogP contribution in [0.2, 0.25) is 0 Å². The lowest BCUT2D eigenvalue weighted by Crippen LogP contribution is -2.20. The van der Waals surface area contributed by atoms with E-state index < -0.39 is 11.8 Å². The topological polar surface area (TPSA) is 66.2 Å². The van der Waals surface area contributed by atoms with Crippen LogP contribution in [0, 0.1) is 11.6 Å². The van der Waals surface area contributed by atoms with Gasteiger partial charge in [-0.1, -0.05) is 0 Å². The van der Waals surface area contributed by atoms with Crippen LogP contribution in [0.4, 0.5) is 20.2 Å². The molecule has 0 saturated carbocycles. The molecule has 128 valence electrons. The second-order valence-corrected chi connectivity index (χ2v) is 5.55. The van der Waals surface area contributed by atoms with Crippen LogP contribution in [0.15, 0.2) is 42.5 Å². The maximum atomic E-state index is 13.6. The number of nitrogens with one attached hydrogen (secondary N) is 3. The van der Waals surface area contributed by atoms with E-state index in [1.807, 2.05) is 0 Å². The van der Waals surface area contributed by atoms with Crippen molar-refractivity contribution in [2.75, 3.05) is 17.7 Å². The average molecular weight is 361 g/mol. The number of rotatable bonds is 3. The van der Waals surface area contributed by atoms with Crippen LogP contribution >= 0.6 is 12.2 Å². The van der Waals surface area contributed by atoms with Gasteiger partial charge in [-0.2, -0.15) is 0 Å². The molecule has 3 N–H and O–H groups in total. The van der Waals surface area contributed by atoms with Crippen LogP contribution < -0.4 is 10.6 Å². The number of halogens is 2. The van der Waals surface area contributed by atoms with E-state index >= 15 is 0 Å². The summed E-state index contributed by atoms with van der Waals surface area (Å²) < 4.78 is 31.3. The van der Waals surface area contributed by atoms with Crippen molar-refractivity contribution < 1.29 is 18.3 Å². The largest absolute Gasteiger partial charge is 0.464 e. The highest BCUT2D eigenvalue weighted by Crippen LogP contribution is 2.29. The number of aromatic amines is 1. The summed E-state index contributed by atoms with van der Waals surface area (Å²) in [5, 5.41) is 6.33. The minimum atomic E-state index is -0.622. The number of aromatic nitrogens is 1. The Morgan fingerprint density at radius 3 is 2.44 bits per heavy atom. The summed E-state index contributed by atoms with van der Waals surface area (Å²) in [6, 6.07) is 9.66. The Morgan fingerprint density at radius 2 is 1.76 bits per heavy atom. The number of benzene rings is 2. The Hall–Kier alpha value is -3.00. The SMILES string of the molecule is COC(=O)c1[nH]c2ccc(F)cc2c1NC(=S)Nc1ccc(F)cc1. The predicted molar refractivity (Wildman–Crippen MR) is 95.8 cm³/mol. The molecule has 2 aromatic carbocycles. The minimum absolute atomic E-state index is 0.117. The average Bonchev–Trinajstić information content (AvgIpc) is 2.94. The van der Waals surface area contributed by atoms with E-state index in [-0.39, 0.29) is 16.6 Å². The van der Waals surface area contributed by atoms with E-state index in [9.17, 15) is 13.6 Å². The van der Waals surface area contributed by atoms with Crippen molar-refractivity contribution >= 4 is 45.6 Å². The van der Waals surface area contributed by atoms with Gasteiger partial charge in [0, 0.05) is 16.6 Å². The molecule has 0 amide bonds. The van der Waals surface area contributed by atoms with Gasteiger partial charge in [0.2, 0.25) is 0 Å². The first kappa shape index (κ1) is 16.8. The maximum absolute atomic E-state index is 13.6. The summed E-state index contributed by atoms with van der Waals surface area (Å²) in [5.74, 6) is -1.45. The van der Waals surface area contributed by atoms with Gasteiger partial charge in [0.1, 0.15) is 17.3 Å². The highest BCUT2D eigenvalue weighted by atomic mass is 32.1. The number of hydrogen-bond acceptors (Lipinski definition) is 3. The number of methoxy groups -OCH3 is 1. The number of esters is 1. The molecule has 1 aromatic heterocycles. The highest BCUT2D eigenvalue weighted by molar-refractivity contribution is 7.80. The molecular formula is C17H13F2N3O2S. The van der Waals surface area contributed by atoms with Crippen LogP contribution in [0.1, 0.15) is 10.5 Å². The molecule has 0 bridgehead atoms. The van der Waals surface area contributed by atoms with Gasteiger partial charge in [-0.25, -0.2) is 13.6 Å². The molecule has 0 saturated heterocycles. The monoisotopic (exact) mass is 361 g/mol. The molecule has 0 aliphatic carbocycles. The second-order valence-electron chi connectivity index (χ2n) is 5.14. The van der Waals surface area contributed by atoms with E-state index in [4.69, 9.17) is 17.0 Å². The summed E-state index contributed by atoms with van der Waals surface area (Å²) in [6.45, 7) is 0. The van der Waals surface area contributed by atoms with Crippen molar-refractivity contribution in [2.24, 2.45) is 0 Å². The summed E-state index contributed by atoms with van der Waals surface area (Å²) in [7, 11) is 1.24. The fraction of sp³-hybridized carbons (Fsp3) is 0.0588. The van der Waals surface area contributed by atoms with Gasteiger partial charge < -0.3 is 20.4 Å². The molecule has 25 heavy (non-hydrogen) atoms. The maximum Gasteiger partial charge on any atom is 0.356 e. The van der Waals surface area contributed by atoms with E-state index in [0.29, 0.717) is 22.3 Å². The lowest BCUT2D eigenvalue weighted by molar-refractivity contribution is 0.0596. The fourth-order valence-corrected chi connectivity index (χ4v) is 2.58. The van der Waals surface area contributed by atoms with E-state index in [0.717, 1.165) is 0 Å². The van der Waals surface area contributed by atoms with Crippen LogP contribution in [0.25, 0.3) is 10.9 Å². The number of anilines is 2. The zero-order valence-electron chi connectivity index (χ0n) is 13.0. The number of thiocarbonyl (C=S) groups is 1. The summed E-state index contributed by atoms with van der Waals surface area (Å²) in [4.78, 5) is 14.9. The van der Waals surface area contributed by atoms with Crippen molar-refractivity contribution in [3.63, 3.8) is 0 Å². The first-order valence-corrected chi connectivity index (χ1v) is 7.62. The van der Waals surface area contributed by atoms with Gasteiger partial charge in [-0.05, 0) is 54.7 Å². The minimum Gasteiger partial charge on any atom is -0.464 e. The standard InChI is InChI=1S/C17H13F2N3O2S/c1-24-16(23)15-14(12-8-10(19)4-7-13(12)21-15)22-17(25)20-11-5-2-9(18)3-6-11/h2-8,21H,1H3,(H2,20,22,25). The molecule has 0 radical (unpaired) electrons. The van der Waals surface area contributed by atoms with Crippen molar-refractivity contribution in [2.45, 2.75) is 0 Å². The molecule has 1 heterocycles. The van der Waals surface area contributed by atoms with Crippen LogP contribution in [0.5, 0.6) is 0 Å². The molecule has 0 unspecified atom stereocenters. The van der Waals surface area contributed by atoms with Gasteiger partial charge in [0.25, 0.3) is 0 Å². The predicted octanol–water partition coefficient (Wildman–Crippen LogP) is 4.04. The Bertz CT molecular complexity index is 954. The molecule has 0 fully saturated rings. The second kappa shape index (κ2) is 6.86. The Labute approximate surface area is 147 Å². The molecule has 3 aromatic rings. The summed E-state index contributed by atoms with van der Waals surface area (Å²) in [6.07, 6.45) is 0. The lowest BCUT2D eigenvalue weighted by atomic mass is 10.2. The number of carbonyl (C=O) groups excluding carboxylic acids is 1. The quantitative estimate of drug-likeness (QED) is 0.485. The number of H-pyrrole nitrogens is 1. The first-order chi connectivity index (χ1) is 12.0. The lowest BCUT2D eigenvalue weighted by Gasteiger charge is -2.11. The summed E-state index contributed by atoms with van der Waals surface area (Å²) in [5.41, 5.74) is 1.52. The van der Waals surface area contributed by atoms with E-state index in [2.05, 4.69) is 15.6 Å². The molecular weight excluding hydrogens is 348 g/mol. The van der Waals surface area contributed by atoms with Gasteiger partial charge in [-0.15, -0.1) is 0 Å². The van der Waals surface area contributed by atoms with Gasteiger partial charge in [0.15, 0.2) is 5.11 Å². The highest BCUT2D eigenvalue weighted by Gasteiger charge is 2.19. The number of hydrogen-bond donors (Lipinski definition) is 3. The Balaban J connectivity index is 1.93. The molecule has 0 aliphatic heterocycles. The molecule has 0 aliphatic rings. The van der Waals surface area contributed by atoms with Gasteiger partial charge >= 0.3 is 5.97 Å². The third-order valence-corrected chi connectivity index (χ3v) is 3.69. The first-order valence-electron chi connectivity index (χ1n) is 7.21. The van der Waals surface area contributed by atoms with E-state index in [1.54, 1.807) is 0 Å². The molecule has 0 atom stereocenters. The Kier molecular flexibility index (Phi) is 4.62. The van der Waals surface area contributed by atoms with Crippen molar-refractivity contribution in [3.8, 4) is 0 Å². The Morgan fingerprint density at radius 1 is 1.08 bits per heavy atom. The van der Waals surface area contributed by atoms with Crippen LogP contribution in [0.3, 0.4) is 0 Å². The zero-order chi connectivity index (χ0) is 18.0. The summed E-state index contributed by atoms with van der Waals surface area (Å²) >= 11 is 5.22. The van der Waals surface area contributed by atoms with Crippen LogP contribution in [-0.2, 0) is 4.74 Å². The third kappa shape index (κ3) is 3.58. The van der Waals surface area contributed by atoms with Crippen molar-refractivity contribution in [1.29, 1.82) is 0 Å². The molecule has 8 heteroatoms. The van der Waals surface area contributed by atoms with Gasteiger partial charge in [0.05, 0.1) is 12.8 Å². The van der Waals surface area contributed by atoms with Crippen molar-refractivity contribution in [1.82, 2.24) is 4.98 Å². The van der Waals surface area contributed by atoms with E-state index in [1.165, 1.54) is 49.6 Å². The van der Waals surface area contributed by atoms with Gasteiger partial charge in [-0.3, -0.25) is 0 Å². The van der Waals surface area contributed by atoms with Crippen molar-refractivity contribution in [3.05, 3.63) is 59.8 Å². The zero-order valence-corrected chi connectivity index (χ0v) is 13.8. The molecule has 3 rings (SSSR count). The normalized spacial score (nSPS) is 10.5. The molecule has 5 nitrogen and oxygen atoms in total. The molecule has 0 spiro atoms. The van der Waals surface area contributed by atoms with Crippen LogP contribution in [-0.4, -0.2) is 23.2 Å². The third-order valence-electron chi connectivity index (χ3n) is 3.49. The number of ether oxygens (including phenoxy) is 1. The number of fused-ring (bicyclic) bond motifs is 1. The smallest absolute Gasteiger partial charge is 0.356 e. The number of carbonyl (C=O) groups is 1.